The third kappa shape index (κ3) is 1.74. The van der Waals surface area contributed by atoms with E-state index >= 15 is 0 Å². The Kier molecular flexibility index (Phi) is 2.26. The number of hydrogen-bond acceptors (Lipinski definition) is 3. The number of nitrogens with one attached hydrogen (secondary N) is 1. The Bertz CT molecular complexity index is 599. The van der Waals surface area contributed by atoms with Crippen LogP contribution in [-0.4, -0.2) is 24.9 Å². The SMILES string of the molecule is CCc1[nH]nc2ccc(S(C)(=O)=O)cc12. The average Bonchev–Trinajstić information content (AvgIpc) is 2.57. The molecule has 1 aromatic carbocycles. The molecule has 0 unspecified atom stereocenters. The fourth-order valence-electron chi connectivity index (χ4n) is 1.54. The lowest BCUT2D eigenvalue weighted by Crippen LogP contribution is -1.96. The molecule has 15 heavy (non-hydrogen) atoms. The van der Waals surface area contributed by atoms with E-state index in [1.54, 1.807) is 18.2 Å². The quantitative estimate of drug-likeness (QED) is 0.841. The molecule has 80 valence electrons. The lowest BCUT2D eigenvalue weighted by atomic mass is 10.2. The first-order valence-corrected chi connectivity index (χ1v) is 6.58. The van der Waals surface area contributed by atoms with Gasteiger partial charge in [0.2, 0.25) is 0 Å². The molecule has 0 radical (unpaired) electrons. The van der Waals surface area contributed by atoms with Gasteiger partial charge >= 0.3 is 0 Å². The summed E-state index contributed by atoms with van der Waals surface area (Å²) in [5, 5.41) is 7.88. The van der Waals surface area contributed by atoms with E-state index in [0.717, 1.165) is 23.0 Å². The van der Waals surface area contributed by atoms with E-state index in [-0.39, 0.29) is 0 Å². The van der Waals surface area contributed by atoms with E-state index < -0.39 is 9.84 Å². The highest BCUT2D eigenvalue weighted by Crippen LogP contribution is 2.20. The summed E-state index contributed by atoms with van der Waals surface area (Å²) < 4.78 is 22.7. The molecule has 0 spiro atoms. The molecule has 0 aliphatic rings. The second-order valence-corrected chi connectivity index (χ2v) is 5.52. The summed E-state index contributed by atoms with van der Waals surface area (Å²) >= 11 is 0. The van der Waals surface area contributed by atoms with E-state index in [1.165, 1.54) is 6.26 Å². The number of sulfone groups is 1. The molecule has 2 aromatic rings. The average molecular weight is 224 g/mol. The van der Waals surface area contributed by atoms with Gasteiger partial charge in [0, 0.05) is 17.3 Å². The van der Waals surface area contributed by atoms with Crippen LogP contribution in [0.25, 0.3) is 10.9 Å². The van der Waals surface area contributed by atoms with Crippen molar-refractivity contribution in [1.29, 1.82) is 0 Å². The van der Waals surface area contributed by atoms with E-state index in [2.05, 4.69) is 10.2 Å². The van der Waals surface area contributed by atoms with Gasteiger partial charge in [0.15, 0.2) is 9.84 Å². The van der Waals surface area contributed by atoms with E-state index in [9.17, 15) is 8.42 Å². The van der Waals surface area contributed by atoms with Crippen LogP contribution in [0.15, 0.2) is 23.1 Å². The molecule has 0 amide bonds. The van der Waals surface area contributed by atoms with Crippen LogP contribution in [0.5, 0.6) is 0 Å². The lowest BCUT2D eigenvalue weighted by Gasteiger charge is -1.98. The third-order valence-corrected chi connectivity index (χ3v) is 3.50. The molecule has 2 rings (SSSR count). The predicted octanol–water partition coefficient (Wildman–Crippen LogP) is 1.53. The molecule has 1 heterocycles. The smallest absolute Gasteiger partial charge is 0.175 e. The molecule has 0 atom stereocenters. The summed E-state index contributed by atoms with van der Waals surface area (Å²) in [5.74, 6) is 0. The second-order valence-electron chi connectivity index (χ2n) is 3.51. The number of aromatic nitrogens is 2. The molecule has 0 bridgehead atoms. The summed E-state index contributed by atoms with van der Waals surface area (Å²) in [6, 6.07) is 4.98. The number of H-pyrrole nitrogens is 1. The number of aromatic amines is 1. The van der Waals surface area contributed by atoms with Gasteiger partial charge in [0.25, 0.3) is 0 Å². The standard InChI is InChI=1S/C10H12N2O2S/c1-3-9-8-6-7(15(2,13)14)4-5-10(8)12-11-9/h4-6H,3H2,1-2H3,(H,11,12). The van der Waals surface area contributed by atoms with Gasteiger partial charge in [0.1, 0.15) is 0 Å². The zero-order valence-electron chi connectivity index (χ0n) is 8.61. The minimum Gasteiger partial charge on any atom is -0.281 e. The van der Waals surface area contributed by atoms with E-state index in [4.69, 9.17) is 0 Å². The number of aryl methyl sites for hydroxylation is 1. The number of fused-ring (bicyclic) bond motifs is 1. The topological polar surface area (TPSA) is 62.8 Å². The van der Waals surface area contributed by atoms with Crippen molar-refractivity contribution in [2.75, 3.05) is 6.26 Å². The van der Waals surface area contributed by atoms with Crippen LogP contribution in [-0.2, 0) is 16.3 Å². The fourth-order valence-corrected chi connectivity index (χ4v) is 2.19. The van der Waals surface area contributed by atoms with Gasteiger partial charge in [-0.1, -0.05) is 6.92 Å². The van der Waals surface area contributed by atoms with Crippen LogP contribution in [0, 0.1) is 0 Å². The molecule has 4 nitrogen and oxygen atoms in total. The van der Waals surface area contributed by atoms with Crippen LogP contribution in [0.2, 0.25) is 0 Å². The van der Waals surface area contributed by atoms with E-state index in [0.29, 0.717) is 4.90 Å². The van der Waals surface area contributed by atoms with Crippen molar-refractivity contribution in [3.05, 3.63) is 23.9 Å². The number of rotatable bonds is 2. The Morgan fingerprint density at radius 1 is 1.40 bits per heavy atom. The molecule has 0 aliphatic heterocycles. The maximum absolute atomic E-state index is 11.4. The van der Waals surface area contributed by atoms with Gasteiger partial charge in [-0.15, -0.1) is 0 Å². The van der Waals surface area contributed by atoms with Gasteiger partial charge in [-0.3, -0.25) is 5.10 Å². The van der Waals surface area contributed by atoms with Crippen molar-refractivity contribution in [2.24, 2.45) is 0 Å². The number of nitrogens with zero attached hydrogens (tertiary/aromatic N) is 1. The van der Waals surface area contributed by atoms with Gasteiger partial charge in [-0.25, -0.2) is 8.42 Å². The zero-order valence-corrected chi connectivity index (χ0v) is 9.43. The normalized spacial score (nSPS) is 12.1. The number of hydrogen-bond donors (Lipinski definition) is 1. The molecule has 0 saturated heterocycles. The summed E-state index contributed by atoms with van der Waals surface area (Å²) in [7, 11) is -3.14. The fraction of sp³-hybridized carbons (Fsp3) is 0.300. The number of benzene rings is 1. The van der Waals surface area contributed by atoms with Crippen molar-refractivity contribution in [1.82, 2.24) is 10.2 Å². The summed E-state index contributed by atoms with van der Waals surface area (Å²) in [6.45, 7) is 2.00. The van der Waals surface area contributed by atoms with Crippen LogP contribution in [0.3, 0.4) is 0 Å². The molecular weight excluding hydrogens is 212 g/mol. The second kappa shape index (κ2) is 3.34. The Labute approximate surface area is 88.2 Å². The summed E-state index contributed by atoms with van der Waals surface area (Å²) in [6.07, 6.45) is 2.02. The molecule has 0 aliphatic carbocycles. The molecule has 5 heteroatoms. The van der Waals surface area contributed by atoms with Crippen molar-refractivity contribution in [3.63, 3.8) is 0 Å². The van der Waals surface area contributed by atoms with Crippen molar-refractivity contribution in [2.45, 2.75) is 18.2 Å². The molecule has 1 aromatic heterocycles. The van der Waals surface area contributed by atoms with Crippen molar-refractivity contribution in [3.8, 4) is 0 Å². The first kappa shape index (κ1) is 10.2. The highest BCUT2D eigenvalue weighted by atomic mass is 32.2. The maximum atomic E-state index is 11.4. The summed E-state index contributed by atoms with van der Waals surface area (Å²) in [5.41, 5.74) is 1.77. The third-order valence-electron chi connectivity index (χ3n) is 2.39. The van der Waals surface area contributed by atoms with Crippen molar-refractivity contribution < 1.29 is 8.42 Å². The molecule has 0 saturated carbocycles. The van der Waals surface area contributed by atoms with Gasteiger partial charge in [-0.05, 0) is 24.6 Å². The monoisotopic (exact) mass is 224 g/mol. The molecular formula is C10H12N2O2S. The van der Waals surface area contributed by atoms with Crippen LogP contribution in [0.4, 0.5) is 0 Å². The van der Waals surface area contributed by atoms with Crippen LogP contribution < -0.4 is 0 Å². The van der Waals surface area contributed by atoms with Crippen LogP contribution in [0.1, 0.15) is 12.6 Å². The van der Waals surface area contributed by atoms with E-state index in [1.807, 2.05) is 6.92 Å². The van der Waals surface area contributed by atoms with Gasteiger partial charge in [0.05, 0.1) is 10.4 Å². The lowest BCUT2D eigenvalue weighted by molar-refractivity contribution is 0.602. The highest BCUT2D eigenvalue weighted by molar-refractivity contribution is 7.90. The predicted molar refractivity (Wildman–Crippen MR) is 58.6 cm³/mol. The van der Waals surface area contributed by atoms with Crippen molar-refractivity contribution >= 4 is 20.7 Å². The summed E-state index contributed by atoms with van der Waals surface area (Å²) in [4.78, 5) is 0.339. The largest absolute Gasteiger partial charge is 0.281 e. The molecule has 1 N–H and O–H groups in total. The Balaban J connectivity index is 2.73. The zero-order chi connectivity index (χ0) is 11.1. The van der Waals surface area contributed by atoms with Gasteiger partial charge < -0.3 is 0 Å². The minimum absolute atomic E-state index is 0.339. The highest BCUT2D eigenvalue weighted by Gasteiger charge is 2.10. The Morgan fingerprint density at radius 2 is 2.13 bits per heavy atom. The Hall–Kier alpha value is -1.36. The first-order chi connectivity index (χ1) is 7.02. The Morgan fingerprint density at radius 3 is 2.73 bits per heavy atom. The molecule has 0 fully saturated rings. The maximum Gasteiger partial charge on any atom is 0.175 e. The van der Waals surface area contributed by atoms with Gasteiger partial charge in [-0.2, -0.15) is 5.10 Å². The minimum atomic E-state index is -3.14. The first-order valence-electron chi connectivity index (χ1n) is 4.69. The van der Waals surface area contributed by atoms with Crippen LogP contribution >= 0.6 is 0 Å².